The first-order chi connectivity index (χ1) is 14.6. The molecule has 1 aromatic heterocycles. The lowest BCUT2D eigenvalue weighted by Crippen LogP contribution is -2.38. The van der Waals surface area contributed by atoms with Crippen LogP contribution in [-0.4, -0.2) is 34.9 Å². The Bertz CT molecular complexity index is 1010. The van der Waals surface area contributed by atoms with Crippen molar-refractivity contribution in [3.63, 3.8) is 0 Å². The molecular weight excluding hydrogens is 433 g/mol. The van der Waals surface area contributed by atoms with E-state index in [1.54, 1.807) is 17.2 Å². The third-order valence-electron chi connectivity index (χ3n) is 4.70. The molecule has 2 heterocycles. The minimum atomic E-state index is -4.42. The lowest BCUT2D eigenvalue weighted by atomic mass is 10.0. The van der Waals surface area contributed by atoms with E-state index < -0.39 is 17.8 Å². The number of hydrogen-bond donors (Lipinski definition) is 2. The summed E-state index contributed by atoms with van der Waals surface area (Å²) in [6.07, 6.45) is -0.411. The van der Waals surface area contributed by atoms with Crippen molar-refractivity contribution >= 4 is 34.8 Å². The van der Waals surface area contributed by atoms with Gasteiger partial charge in [-0.15, -0.1) is 0 Å². The Morgan fingerprint density at radius 3 is 2.48 bits per heavy atom. The maximum atomic E-state index is 12.6. The molecule has 3 amide bonds. The van der Waals surface area contributed by atoms with Gasteiger partial charge in [0.2, 0.25) is 5.91 Å². The number of nitrogens with zero attached hydrogens (tertiary/aromatic N) is 2. The van der Waals surface area contributed by atoms with E-state index in [4.69, 9.17) is 11.6 Å². The molecule has 10 heteroatoms. The molecule has 0 saturated carbocycles. The predicted molar refractivity (Wildman–Crippen MR) is 111 cm³/mol. The van der Waals surface area contributed by atoms with Crippen molar-refractivity contribution in [1.82, 2.24) is 15.2 Å². The van der Waals surface area contributed by atoms with E-state index in [0.717, 1.165) is 23.3 Å². The Hall–Kier alpha value is -3.07. The van der Waals surface area contributed by atoms with E-state index in [0.29, 0.717) is 36.8 Å². The fourth-order valence-corrected chi connectivity index (χ4v) is 3.36. The molecule has 0 aliphatic carbocycles. The van der Waals surface area contributed by atoms with E-state index in [1.165, 1.54) is 19.1 Å². The number of urea groups is 1. The molecule has 3 rings (SSSR count). The van der Waals surface area contributed by atoms with Crippen LogP contribution in [0.5, 0.6) is 0 Å². The van der Waals surface area contributed by atoms with Gasteiger partial charge in [0.1, 0.15) is 0 Å². The molecule has 164 valence electrons. The number of benzene rings is 1. The summed E-state index contributed by atoms with van der Waals surface area (Å²) in [6, 6.07) is 5.63. The maximum absolute atomic E-state index is 12.6. The van der Waals surface area contributed by atoms with Crippen molar-refractivity contribution in [3.05, 3.63) is 64.4 Å². The Morgan fingerprint density at radius 2 is 1.94 bits per heavy atom. The van der Waals surface area contributed by atoms with Crippen LogP contribution in [0.1, 0.15) is 30.2 Å². The Kier molecular flexibility index (Phi) is 6.84. The van der Waals surface area contributed by atoms with Gasteiger partial charge in [0.15, 0.2) is 0 Å². The molecule has 2 N–H and O–H groups in total. The fraction of sp³-hybridized carbons (Fsp3) is 0.286. The number of nitrogens with one attached hydrogen (secondary N) is 2. The van der Waals surface area contributed by atoms with Crippen LogP contribution in [0.25, 0.3) is 5.57 Å². The van der Waals surface area contributed by atoms with Crippen LogP contribution in [0.4, 0.5) is 23.7 Å². The number of carbonyl (C=O) groups excluding carboxylic acids is 2. The molecule has 0 atom stereocenters. The van der Waals surface area contributed by atoms with E-state index in [1.807, 2.05) is 6.08 Å². The third kappa shape index (κ3) is 5.97. The molecule has 0 spiro atoms. The molecule has 1 aliphatic rings. The highest BCUT2D eigenvalue weighted by atomic mass is 35.5. The molecular formula is C21H20ClF3N4O2. The summed E-state index contributed by atoms with van der Waals surface area (Å²) in [5.41, 5.74) is 1.80. The van der Waals surface area contributed by atoms with Crippen molar-refractivity contribution in [2.75, 3.05) is 18.4 Å². The first-order valence-corrected chi connectivity index (χ1v) is 9.82. The molecule has 0 saturated heterocycles. The zero-order chi connectivity index (χ0) is 22.6. The van der Waals surface area contributed by atoms with Gasteiger partial charge in [0.05, 0.1) is 16.3 Å². The van der Waals surface area contributed by atoms with Gasteiger partial charge in [0, 0.05) is 38.4 Å². The monoisotopic (exact) mass is 452 g/mol. The van der Waals surface area contributed by atoms with E-state index in [-0.39, 0.29) is 11.6 Å². The minimum absolute atomic E-state index is 0.148. The second-order valence-corrected chi connectivity index (χ2v) is 7.42. The molecule has 0 fully saturated rings. The van der Waals surface area contributed by atoms with Gasteiger partial charge in [-0.3, -0.25) is 9.78 Å². The molecule has 0 unspecified atom stereocenters. The summed E-state index contributed by atoms with van der Waals surface area (Å²) in [6.45, 7) is 2.48. The van der Waals surface area contributed by atoms with Crippen LogP contribution >= 0.6 is 11.6 Å². The average molecular weight is 453 g/mol. The first-order valence-electron chi connectivity index (χ1n) is 9.45. The summed E-state index contributed by atoms with van der Waals surface area (Å²) < 4.78 is 37.9. The van der Waals surface area contributed by atoms with E-state index in [2.05, 4.69) is 15.6 Å². The Balaban J connectivity index is 1.60. The molecule has 1 aromatic carbocycles. The second-order valence-electron chi connectivity index (χ2n) is 7.01. The molecule has 31 heavy (non-hydrogen) atoms. The van der Waals surface area contributed by atoms with Crippen molar-refractivity contribution in [2.24, 2.45) is 0 Å². The van der Waals surface area contributed by atoms with Crippen molar-refractivity contribution in [3.8, 4) is 0 Å². The van der Waals surface area contributed by atoms with Crippen LogP contribution in [0, 0.1) is 0 Å². The van der Waals surface area contributed by atoms with Crippen molar-refractivity contribution < 1.29 is 22.8 Å². The number of hydrogen-bond acceptors (Lipinski definition) is 3. The van der Waals surface area contributed by atoms with Gasteiger partial charge in [-0.1, -0.05) is 17.7 Å². The smallest absolute Gasteiger partial charge is 0.352 e. The number of amides is 3. The molecule has 2 aromatic rings. The fourth-order valence-electron chi connectivity index (χ4n) is 3.05. The maximum Gasteiger partial charge on any atom is 0.416 e. The zero-order valence-corrected chi connectivity index (χ0v) is 17.3. The highest BCUT2D eigenvalue weighted by molar-refractivity contribution is 6.32. The number of rotatable bonds is 4. The topological polar surface area (TPSA) is 74.3 Å². The quantitative estimate of drug-likeness (QED) is 0.705. The van der Waals surface area contributed by atoms with Gasteiger partial charge < -0.3 is 15.5 Å². The van der Waals surface area contributed by atoms with Crippen LogP contribution in [-0.2, 0) is 17.5 Å². The first kappa shape index (κ1) is 22.6. The summed E-state index contributed by atoms with van der Waals surface area (Å²) >= 11 is 6.34. The van der Waals surface area contributed by atoms with Gasteiger partial charge in [0.25, 0.3) is 0 Å². The molecule has 6 nitrogen and oxygen atoms in total. The summed E-state index contributed by atoms with van der Waals surface area (Å²) in [4.78, 5) is 29.4. The van der Waals surface area contributed by atoms with Gasteiger partial charge >= 0.3 is 12.2 Å². The van der Waals surface area contributed by atoms with Crippen molar-refractivity contribution in [2.45, 2.75) is 26.1 Å². The number of alkyl halides is 3. The molecule has 0 radical (unpaired) electrons. The Labute approximate surface area is 182 Å². The predicted octanol–water partition coefficient (Wildman–Crippen LogP) is 4.71. The lowest BCUT2D eigenvalue weighted by molar-refractivity contribution is -0.137. The van der Waals surface area contributed by atoms with Crippen LogP contribution in [0.3, 0.4) is 0 Å². The zero-order valence-electron chi connectivity index (χ0n) is 16.6. The number of carbonyl (C=O) groups is 2. The van der Waals surface area contributed by atoms with Gasteiger partial charge in [-0.05, 0) is 47.9 Å². The van der Waals surface area contributed by atoms with E-state index in [9.17, 15) is 22.8 Å². The average Bonchev–Trinajstić information content (AvgIpc) is 2.72. The number of pyridine rings is 1. The molecule has 0 bridgehead atoms. The number of aromatic nitrogens is 1. The Morgan fingerprint density at radius 1 is 1.23 bits per heavy atom. The largest absolute Gasteiger partial charge is 0.416 e. The summed E-state index contributed by atoms with van der Waals surface area (Å²) in [7, 11) is 0. The number of anilines is 1. The molecule has 1 aliphatic heterocycles. The van der Waals surface area contributed by atoms with Crippen LogP contribution in [0.15, 0.2) is 42.6 Å². The lowest BCUT2D eigenvalue weighted by Gasteiger charge is -2.27. The van der Waals surface area contributed by atoms with Gasteiger partial charge in [-0.25, -0.2) is 4.79 Å². The third-order valence-corrected chi connectivity index (χ3v) is 4.99. The summed E-state index contributed by atoms with van der Waals surface area (Å²) in [5, 5.41) is 5.73. The highest BCUT2D eigenvalue weighted by Crippen LogP contribution is 2.30. The number of halogens is 4. The minimum Gasteiger partial charge on any atom is -0.352 e. The van der Waals surface area contributed by atoms with Crippen LogP contribution in [0.2, 0.25) is 5.02 Å². The van der Waals surface area contributed by atoms with Gasteiger partial charge in [-0.2, -0.15) is 13.2 Å². The SMILES string of the molecule is CC(=O)NCc1cnc(C2=CCN(C(=O)Nc3ccc(C(F)(F)F)cc3)CC2)c(Cl)c1. The van der Waals surface area contributed by atoms with E-state index >= 15 is 0 Å². The highest BCUT2D eigenvalue weighted by Gasteiger charge is 2.30. The standard InChI is InChI=1S/C21H20ClF3N4O2/c1-13(30)26-11-14-10-18(22)19(27-12-14)15-6-8-29(9-7-15)20(31)28-17-4-2-16(3-5-17)21(23,24)25/h2-6,10,12H,7-9,11H2,1H3,(H,26,30)(H,28,31). The van der Waals surface area contributed by atoms with Crippen molar-refractivity contribution in [1.29, 1.82) is 0 Å². The second kappa shape index (κ2) is 9.38. The normalized spacial score (nSPS) is 14.1. The summed E-state index contributed by atoms with van der Waals surface area (Å²) in [5.74, 6) is -0.148. The van der Waals surface area contributed by atoms with Crippen LogP contribution < -0.4 is 10.6 Å².